The van der Waals surface area contributed by atoms with E-state index in [4.69, 9.17) is 13.9 Å². The van der Waals surface area contributed by atoms with Crippen LogP contribution in [0.4, 0.5) is 0 Å². The summed E-state index contributed by atoms with van der Waals surface area (Å²) in [5, 5.41) is 0.750. The molecule has 0 radical (unpaired) electrons. The molecule has 1 atom stereocenters. The van der Waals surface area contributed by atoms with Gasteiger partial charge in [-0.25, -0.2) is 4.79 Å². The summed E-state index contributed by atoms with van der Waals surface area (Å²) in [5.41, 5.74) is 2.43. The van der Waals surface area contributed by atoms with E-state index in [1.165, 1.54) is 0 Å². The molecule has 2 aromatic rings. The van der Waals surface area contributed by atoms with Crippen LogP contribution in [0, 0.1) is 20.8 Å². The van der Waals surface area contributed by atoms with Crippen LogP contribution in [0.5, 0.6) is 5.75 Å². The van der Waals surface area contributed by atoms with Crippen molar-refractivity contribution in [3.63, 3.8) is 0 Å². The summed E-state index contributed by atoms with van der Waals surface area (Å²) in [5.74, 6) is 0.557. The normalized spacial score (nSPS) is 16.1. The minimum absolute atomic E-state index is 0.0204. The number of amides is 1. The number of methoxy groups -OCH3 is 1. The second-order valence-electron chi connectivity index (χ2n) is 8.05. The molecule has 7 nitrogen and oxygen atoms in total. The van der Waals surface area contributed by atoms with Crippen molar-refractivity contribution in [2.24, 2.45) is 0 Å². The standard InChI is InChI=1S/C23H32N2O5/c1-15-13-19(21-16(2)17(3)23(27)30-20(21)14-15)29-18(4)22(26)25-10-8-24(9-11-25)7-6-12-28-5/h13-14,18H,6-12H2,1-5H3. The summed E-state index contributed by atoms with van der Waals surface area (Å²) in [7, 11) is 1.71. The van der Waals surface area contributed by atoms with Crippen molar-refractivity contribution in [1.29, 1.82) is 0 Å². The number of hydrogen-bond acceptors (Lipinski definition) is 6. The van der Waals surface area contributed by atoms with E-state index < -0.39 is 6.10 Å². The van der Waals surface area contributed by atoms with Crippen LogP contribution in [0.2, 0.25) is 0 Å². The Bertz CT molecular complexity index is 960. The maximum atomic E-state index is 13.0. The van der Waals surface area contributed by atoms with E-state index in [-0.39, 0.29) is 11.5 Å². The Labute approximate surface area is 177 Å². The first kappa shape index (κ1) is 22.3. The van der Waals surface area contributed by atoms with Crippen LogP contribution < -0.4 is 10.4 Å². The van der Waals surface area contributed by atoms with Crippen LogP contribution in [0.3, 0.4) is 0 Å². The number of benzene rings is 1. The Morgan fingerprint density at radius 3 is 2.50 bits per heavy atom. The van der Waals surface area contributed by atoms with E-state index in [9.17, 15) is 9.59 Å². The fraction of sp³-hybridized carbons (Fsp3) is 0.565. The average Bonchev–Trinajstić information content (AvgIpc) is 2.71. The molecular weight excluding hydrogens is 384 g/mol. The topological polar surface area (TPSA) is 72.2 Å². The van der Waals surface area contributed by atoms with Gasteiger partial charge < -0.3 is 18.8 Å². The molecule has 30 heavy (non-hydrogen) atoms. The highest BCUT2D eigenvalue weighted by Gasteiger charge is 2.27. The maximum absolute atomic E-state index is 13.0. The van der Waals surface area contributed by atoms with E-state index in [2.05, 4.69) is 4.90 Å². The van der Waals surface area contributed by atoms with Gasteiger partial charge >= 0.3 is 5.63 Å². The predicted molar refractivity (Wildman–Crippen MR) is 116 cm³/mol. The highest BCUT2D eigenvalue weighted by molar-refractivity contribution is 5.89. The third-order valence-electron chi connectivity index (χ3n) is 5.81. The van der Waals surface area contributed by atoms with Crippen molar-refractivity contribution in [2.75, 3.05) is 46.4 Å². The molecule has 1 saturated heterocycles. The number of rotatable bonds is 7. The van der Waals surface area contributed by atoms with Crippen LogP contribution in [-0.4, -0.2) is 68.3 Å². The second-order valence-corrected chi connectivity index (χ2v) is 8.05. The van der Waals surface area contributed by atoms with E-state index in [1.807, 2.05) is 30.9 Å². The maximum Gasteiger partial charge on any atom is 0.339 e. The lowest BCUT2D eigenvalue weighted by Crippen LogP contribution is -2.52. The number of ether oxygens (including phenoxy) is 2. The van der Waals surface area contributed by atoms with Gasteiger partial charge in [-0.05, 0) is 57.4 Å². The van der Waals surface area contributed by atoms with Crippen LogP contribution in [-0.2, 0) is 9.53 Å². The van der Waals surface area contributed by atoms with Crippen LogP contribution in [0.1, 0.15) is 30.0 Å². The smallest absolute Gasteiger partial charge is 0.339 e. The van der Waals surface area contributed by atoms with Gasteiger partial charge in [-0.3, -0.25) is 9.69 Å². The lowest BCUT2D eigenvalue weighted by molar-refractivity contribution is -0.139. The molecule has 1 aromatic carbocycles. The quantitative estimate of drug-likeness (QED) is 0.510. The first-order valence-corrected chi connectivity index (χ1v) is 10.5. The van der Waals surface area contributed by atoms with Gasteiger partial charge in [0.15, 0.2) is 6.10 Å². The van der Waals surface area contributed by atoms with Gasteiger partial charge in [0.2, 0.25) is 0 Å². The van der Waals surface area contributed by atoms with Crippen molar-refractivity contribution in [3.8, 4) is 5.75 Å². The zero-order chi connectivity index (χ0) is 21.8. The fourth-order valence-corrected chi connectivity index (χ4v) is 3.90. The molecule has 0 N–H and O–H groups in total. The Morgan fingerprint density at radius 2 is 1.83 bits per heavy atom. The van der Waals surface area contributed by atoms with Crippen molar-refractivity contribution in [2.45, 2.75) is 40.2 Å². The summed E-state index contributed by atoms with van der Waals surface area (Å²) >= 11 is 0. The molecule has 0 bridgehead atoms. The molecule has 1 unspecified atom stereocenters. The zero-order valence-electron chi connectivity index (χ0n) is 18.6. The number of fused-ring (bicyclic) bond motifs is 1. The Hall–Kier alpha value is -2.38. The van der Waals surface area contributed by atoms with Gasteiger partial charge in [-0.15, -0.1) is 0 Å². The van der Waals surface area contributed by atoms with Crippen molar-refractivity contribution < 1.29 is 18.7 Å². The summed E-state index contributed by atoms with van der Waals surface area (Å²) in [6.07, 6.45) is 0.376. The zero-order valence-corrected chi connectivity index (χ0v) is 18.6. The molecule has 164 valence electrons. The number of hydrogen-bond donors (Lipinski definition) is 0. The molecular formula is C23H32N2O5. The number of aryl methyl sites for hydroxylation is 2. The molecule has 1 fully saturated rings. The van der Waals surface area contributed by atoms with Gasteiger partial charge in [0, 0.05) is 52.0 Å². The lowest BCUT2D eigenvalue weighted by atomic mass is 10.0. The van der Waals surface area contributed by atoms with E-state index in [0.29, 0.717) is 30.0 Å². The predicted octanol–water partition coefficient (Wildman–Crippen LogP) is 2.67. The van der Waals surface area contributed by atoms with Crippen molar-refractivity contribution >= 4 is 16.9 Å². The Balaban J connectivity index is 1.71. The summed E-state index contributed by atoms with van der Waals surface area (Å²) in [6.45, 7) is 12.2. The highest BCUT2D eigenvalue weighted by Crippen LogP contribution is 2.31. The largest absolute Gasteiger partial charge is 0.480 e. The van der Waals surface area contributed by atoms with Gasteiger partial charge in [0.1, 0.15) is 11.3 Å². The molecule has 1 aliphatic rings. The van der Waals surface area contributed by atoms with Gasteiger partial charge in [-0.2, -0.15) is 0 Å². The number of nitrogens with zero attached hydrogens (tertiary/aromatic N) is 2. The third-order valence-corrected chi connectivity index (χ3v) is 5.81. The van der Waals surface area contributed by atoms with Crippen LogP contribution in [0.25, 0.3) is 11.0 Å². The first-order valence-electron chi connectivity index (χ1n) is 10.5. The van der Waals surface area contributed by atoms with Gasteiger partial charge in [0.05, 0.1) is 5.39 Å². The molecule has 0 spiro atoms. The summed E-state index contributed by atoms with van der Waals surface area (Å²) < 4.78 is 16.7. The molecule has 7 heteroatoms. The molecule has 2 heterocycles. The summed E-state index contributed by atoms with van der Waals surface area (Å²) in [4.78, 5) is 29.3. The molecule has 1 aliphatic heterocycles. The molecule has 1 aromatic heterocycles. The monoisotopic (exact) mass is 416 g/mol. The number of piperazine rings is 1. The van der Waals surface area contributed by atoms with Crippen LogP contribution in [0.15, 0.2) is 21.3 Å². The van der Waals surface area contributed by atoms with Gasteiger partial charge in [-0.1, -0.05) is 0 Å². The van der Waals surface area contributed by atoms with E-state index >= 15 is 0 Å². The Kier molecular flexibility index (Phi) is 7.15. The minimum atomic E-state index is -0.623. The molecule has 1 amide bonds. The van der Waals surface area contributed by atoms with Crippen molar-refractivity contribution in [3.05, 3.63) is 39.2 Å². The molecule has 3 rings (SSSR count). The molecule has 0 saturated carbocycles. The number of carbonyl (C=O) groups excluding carboxylic acids is 1. The van der Waals surface area contributed by atoms with E-state index in [1.54, 1.807) is 21.0 Å². The first-order chi connectivity index (χ1) is 14.3. The summed E-state index contributed by atoms with van der Waals surface area (Å²) in [6, 6.07) is 3.72. The Morgan fingerprint density at radius 1 is 1.13 bits per heavy atom. The van der Waals surface area contributed by atoms with Gasteiger partial charge in [0.25, 0.3) is 5.91 Å². The average molecular weight is 417 g/mol. The molecule has 0 aliphatic carbocycles. The third kappa shape index (κ3) is 4.84. The highest BCUT2D eigenvalue weighted by atomic mass is 16.5. The SMILES string of the molecule is COCCCN1CCN(C(=O)C(C)Oc2cc(C)cc3oc(=O)c(C)c(C)c23)CC1. The number of carbonyl (C=O) groups is 1. The van der Waals surface area contributed by atoms with Crippen molar-refractivity contribution in [1.82, 2.24) is 9.80 Å². The fourth-order valence-electron chi connectivity index (χ4n) is 3.90. The lowest BCUT2D eigenvalue weighted by Gasteiger charge is -2.35. The van der Waals surface area contributed by atoms with E-state index in [0.717, 1.165) is 49.2 Å². The van der Waals surface area contributed by atoms with Crippen LogP contribution >= 0.6 is 0 Å². The second kappa shape index (κ2) is 9.62. The minimum Gasteiger partial charge on any atom is -0.480 e.